The first-order valence-electron chi connectivity index (χ1n) is 24.1. The van der Waals surface area contributed by atoms with Crippen LogP contribution in [-0.4, -0.2) is 91.3 Å². The average molecular weight is 960 g/mol. The summed E-state index contributed by atoms with van der Waals surface area (Å²) in [5.74, 6) is -0.486. The zero-order valence-corrected chi connectivity index (χ0v) is 42.7. The Hall–Kier alpha value is -6.45. The van der Waals surface area contributed by atoms with Crippen molar-refractivity contribution in [2.45, 2.75) is 162 Å². The molecule has 4 amide bonds. The monoisotopic (exact) mass is 960 g/mol. The molecule has 3 heterocycles. The van der Waals surface area contributed by atoms with E-state index >= 15 is 4.79 Å². The second kappa shape index (κ2) is 20.5. The second-order valence-electron chi connectivity index (χ2n) is 21.4. The highest BCUT2D eigenvalue weighted by atomic mass is 16.8. The van der Waals surface area contributed by atoms with Gasteiger partial charge in [0.25, 0.3) is 0 Å². The molecule has 7 rings (SSSR count). The lowest BCUT2D eigenvalue weighted by molar-refractivity contribution is -0.158. The molecule has 0 radical (unpaired) electrons. The van der Waals surface area contributed by atoms with Crippen molar-refractivity contribution in [1.82, 2.24) is 19.6 Å². The molecular weight excluding hydrogens is 891 g/mol. The fourth-order valence-electron chi connectivity index (χ4n) is 8.73. The van der Waals surface area contributed by atoms with Crippen LogP contribution in [-0.2, 0) is 43.2 Å². The number of hydrogen-bond donors (Lipinski definition) is 0. The van der Waals surface area contributed by atoms with E-state index in [1.54, 1.807) is 80.5 Å². The Morgan fingerprint density at radius 1 is 0.686 bits per heavy atom. The van der Waals surface area contributed by atoms with Crippen molar-refractivity contribution in [2.75, 3.05) is 11.5 Å². The third kappa shape index (κ3) is 12.5. The van der Waals surface area contributed by atoms with Crippen LogP contribution in [0.25, 0.3) is 10.9 Å². The number of carbonyl (C=O) groups excluding carboxylic acids is 4. The summed E-state index contributed by atoms with van der Waals surface area (Å²) in [6.07, 6.45) is -1.82. The van der Waals surface area contributed by atoms with Crippen LogP contribution < -0.4 is 9.64 Å². The van der Waals surface area contributed by atoms with Crippen LogP contribution in [0.2, 0.25) is 0 Å². The third-order valence-electron chi connectivity index (χ3n) is 11.6. The van der Waals surface area contributed by atoms with Crippen LogP contribution in [0.4, 0.5) is 25.0 Å². The molecule has 2 saturated heterocycles. The van der Waals surface area contributed by atoms with Crippen LogP contribution in [0.5, 0.6) is 5.75 Å². The van der Waals surface area contributed by atoms with E-state index in [1.807, 2.05) is 109 Å². The Labute approximate surface area is 411 Å². The van der Waals surface area contributed by atoms with Gasteiger partial charge in [-0.1, -0.05) is 92.2 Å². The Morgan fingerprint density at radius 2 is 1.24 bits per heavy atom. The topological polar surface area (TPSA) is 151 Å². The molecule has 15 heteroatoms. The number of carbonyl (C=O) groups is 4. The molecule has 0 spiro atoms. The van der Waals surface area contributed by atoms with E-state index in [-0.39, 0.29) is 35.8 Å². The number of imide groups is 1. The lowest BCUT2D eigenvalue weighted by atomic mass is 9.90. The van der Waals surface area contributed by atoms with Crippen LogP contribution in [0.15, 0.2) is 103 Å². The number of benzene rings is 4. The van der Waals surface area contributed by atoms with Gasteiger partial charge in [-0.25, -0.2) is 19.2 Å². The summed E-state index contributed by atoms with van der Waals surface area (Å²) in [7, 11) is 0. The van der Waals surface area contributed by atoms with Gasteiger partial charge in [0.2, 0.25) is 0 Å². The maximum Gasteiger partial charge on any atom is 0.435 e. The van der Waals surface area contributed by atoms with Crippen LogP contribution >= 0.6 is 0 Å². The van der Waals surface area contributed by atoms with E-state index < -0.39 is 65.2 Å². The van der Waals surface area contributed by atoms with E-state index in [9.17, 15) is 14.4 Å². The van der Waals surface area contributed by atoms with Gasteiger partial charge in [0.1, 0.15) is 34.8 Å². The van der Waals surface area contributed by atoms with Gasteiger partial charge in [0.15, 0.2) is 11.6 Å². The fraction of sp³-hybridized carbons (Fsp3) is 0.473. The summed E-state index contributed by atoms with van der Waals surface area (Å²) in [5.41, 5.74) is 0.615. The number of aromatic nitrogens is 2. The number of urea groups is 1. The third-order valence-corrected chi connectivity index (χ3v) is 11.6. The average Bonchev–Trinajstić information content (AvgIpc) is 3.78. The summed E-state index contributed by atoms with van der Waals surface area (Å²) in [4.78, 5) is 62.6. The molecule has 70 heavy (non-hydrogen) atoms. The molecule has 2 aliphatic rings. The summed E-state index contributed by atoms with van der Waals surface area (Å²) < 4.78 is 38.2. The molecule has 0 saturated carbocycles. The summed E-state index contributed by atoms with van der Waals surface area (Å²) in [6.45, 7) is 22.0. The molecule has 5 aromatic rings. The highest BCUT2D eigenvalue weighted by molar-refractivity contribution is 6.14. The minimum atomic E-state index is -1.07. The number of hydrogen-bond acceptors (Lipinski definition) is 11. The summed E-state index contributed by atoms with van der Waals surface area (Å²) >= 11 is 0. The number of rotatable bonds is 12. The smallest absolute Gasteiger partial charge is 0.435 e. The predicted octanol–water partition coefficient (Wildman–Crippen LogP) is 12.0. The highest BCUT2D eigenvalue weighted by Crippen LogP contribution is 2.45. The number of anilines is 1. The normalized spacial score (nSPS) is 19.3. The minimum Gasteiger partial charge on any atom is -0.494 e. The van der Waals surface area contributed by atoms with Crippen LogP contribution in [0.3, 0.4) is 0 Å². The van der Waals surface area contributed by atoms with E-state index in [0.717, 1.165) is 40.0 Å². The van der Waals surface area contributed by atoms with Crippen molar-refractivity contribution in [3.8, 4) is 5.75 Å². The zero-order chi connectivity index (χ0) is 50.8. The molecule has 0 aliphatic carbocycles. The molecule has 0 N–H and O–H groups in total. The molecular formula is C55H69N5O10. The fourth-order valence-corrected chi connectivity index (χ4v) is 8.73. The summed E-state index contributed by atoms with van der Waals surface area (Å²) in [6, 6.07) is 31.5. The standard InChI is InChI=1S/C55H69N5O10/c1-13-14-31-65-40-28-25-37(26-29-40)34-58-44(39-23-19-16-20-24-39)46-45(66-55(11,12)67-46)43(33-36-21-17-15-18-22-36)57(48(58)61)35-38-27-30-42-41(32-38)47(56-60(42)51(64)70-54(8,9)10)59(49(62)68-52(2,3)4)50(63)69-53(5,6)7/h15-30,32,43-46H,13-14,31,33-35H2,1-12H3/t43-,44?,45+,46+/m1/s1. The van der Waals surface area contributed by atoms with Crippen molar-refractivity contribution in [1.29, 1.82) is 0 Å². The number of ether oxygens (including phenoxy) is 6. The van der Waals surface area contributed by atoms with Gasteiger partial charge < -0.3 is 38.2 Å². The lowest BCUT2D eigenvalue weighted by Gasteiger charge is -2.37. The quantitative estimate of drug-likeness (QED) is 0.0868. The number of nitrogens with zero attached hydrogens (tertiary/aromatic N) is 5. The van der Waals surface area contributed by atoms with Gasteiger partial charge in [-0.2, -0.15) is 9.58 Å². The van der Waals surface area contributed by atoms with Crippen molar-refractivity contribution in [3.05, 3.63) is 125 Å². The molecule has 1 unspecified atom stereocenters. The number of amides is 4. The lowest BCUT2D eigenvalue weighted by Crippen LogP contribution is -2.50. The van der Waals surface area contributed by atoms with Crippen LogP contribution in [0.1, 0.15) is 124 Å². The first-order valence-corrected chi connectivity index (χ1v) is 24.1. The minimum absolute atomic E-state index is 0.0252. The van der Waals surface area contributed by atoms with Crippen LogP contribution in [0, 0.1) is 0 Å². The van der Waals surface area contributed by atoms with Crippen molar-refractivity contribution >= 4 is 41.0 Å². The predicted molar refractivity (Wildman–Crippen MR) is 267 cm³/mol. The van der Waals surface area contributed by atoms with Gasteiger partial charge in [0, 0.05) is 18.5 Å². The van der Waals surface area contributed by atoms with Gasteiger partial charge >= 0.3 is 24.3 Å². The molecule has 374 valence electrons. The van der Waals surface area contributed by atoms with Gasteiger partial charge in [-0.05, 0) is 136 Å². The molecule has 15 nitrogen and oxygen atoms in total. The second-order valence-corrected chi connectivity index (χ2v) is 21.4. The maximum absolute atomic E-state index is 16.0. The van der Waals surface area contributed by atoms with Crippen molar-refractivity contribution in [2.24, 2.45) is 0 Å². The van der Waals surface area contributed by atoms with E-state index in [2.05, 4.69) is 12.0 Å². The van der Waals surface area contributed by atoms with E-state index in [4.69, 9.17) is 28.4 Å². The first kappa shape index (κ1) is 51.4. The first-order chi connectivity index (χ1) is 32.9. The molecule has 2 fully saturated rings. The molecule has 4 atom stereocenters. The number of unbranched alkanes of at least 4 members (excludes halogenated alkanes) is 1. The zero-order valence-electron chi connectivity index (χ0n) is 42.7. The highest BCUT2D eigenvalue weighted by Gasteiger charge is 2.56. The Kier molecular flexibility index (Phi) is 15.0. The van der Waals surface area contributed by atoms with Gasteiger partial charge in [-0.3, -0.25) is 0 Å². The van der Waals surface area contributed by atoms with E-state index in [1.165, 1.54) is 0 Å². The summed E-state index contributed by atoms with van der Waals surface area (Å²) in [5, 5.41) is 4.81. The molecule has 1 aromatic heterocycles. The van der Waals surface area contributed by atoms with Gasteiger partial charge in [-0.15, -0.1) is 5.10 Å². The largest absolute Gasteiger partial charge is 0.494 e. The molecule has 2 aliphatic heterocycles. The molecule has 4 aromatic carbocycles. The van der Waals surface area contributed by atoms with Gasteiger partial charge in [0.05, 0.1) is 24.2 Å². The number of fused-ring (bicyclic) bond motifs is 2. The van der Waals surface area contributed by atoms with E-state index in [0.29, 0.717) is 23.5 Å². The SMILES string of the molecule is CCCCOc1ccc(CN2C(=O)N(Cc3ccc4c(c3)c(N(C(=O)OC(C)(C)C)C(=O)OC(C)(C)C)nn4C(=O)OC(C)(C)C)[C@H](Cc3ccccc3)[C@@H]3OC(C)(C)O[C@H]3C2c2ccccc2)cc1. The Bertz CT molecular complexity index is 2600. The van der Waals surface area contributed by atoms with Crippen molar-refractivity contribution in [3.63, 3.8) is 0 Å². The maximum atomic E-state index is 16.0. The Morgan fingerprint density at radius 3 is 1.83 bits per heavy atom. The molecule has 0 bridgehead atoms. The van der Waals surface area contributed by atoms with Crippen molar-refractivity contribution < 1.29 is 47.6 Å². The Balaban J connectivity index is 1.41.